The Balaban J connectivity index is 2.45. The number of aromatic nitrogens is 2. The molecule has 3 N–H and O–H groups in total. The number of nitrogens with zero attached hydrogens (tertiary/aromatic N) is 2. The van der Waals surface area contributed by atoms with Gasteiger partial charge < -0.3 is 15.6 Å². The maximum absolute atomic E-state index is 14.1. The highest BCUT2D eigenvalue weighted by molar-refractivity contribution is 5.48. The summed E-state index contributed by atoms with van der Waals surface area (Å²) >= 11 is 0. The summed E-state index contributed by atoms with van der Waals surface area (Å²) < 4.78 is 32.3. The molecular weight excluding hydrogens is 272 g/mol. The Hall–Kier alpha value is -1.98. The minimum atomic E-state index is -1.51. The van der Waals surface area contributed by atoms with Crippen LogP contribution in [0.1, 0.15) is 18.7 Å². The van der Waals surface area contributed by atoms with Gasteiger partial charge in [-0.3, -0.25) is 4.57 Å². The first-order valence-corrected chi connectivity index (χ1v) is 5.90. The Kier molecular flexibility index (Phi) is 4.01. The van der Waals surface area contributed by atoms with Gasteiger partial charge in [0.1, 0.15) is 12.0 Å². The molecule has 0 spiro atoms. The molecule has 6 nitrogen and oxygen atoms in total. The van der Waals surface area contributed by atoms with E-state index in [1.807, 2.05) is 5.92 Å². The van der Waals surface area contributed by atoms with E-state index in [9.17, 15) is 13.6 Å². The van der Waals surface area contributed by atoms with E-state index < -0.39 is 30.1 Å². The van der Waals surface area contributed by atoms with Crippen LogP contribution in [0.15, 0.2) is 11.0 Å². The second-order valence-corrected chi connectivity index (χ2v) is 4.50. The van der Waals surface area contributed by atoms with Crippen LogP contribution in [0.5, 0.6) is 0 Å². The molecular formula is C12H13F2N3O3. The quantitative estimate of drug-likeness (QED) is 0.745. The Morgan fingerprint density at radius 2 is 2.35 bits per heavy atom. The topological polar surface area (TPSA) is 90.4 Å². The number of aliphatic hydroxyl groups excluding tert-OH is 1. The van der Waals surface area contributed by atoms with Crippen LogP contribution < -0.4 is 11.4 Å². The van der Waals surface area contributed by atoms with Crippen molar-refractivity contribution in [2.75, 3.05) is 12.3 Å². The Bertz CT molecular complexity index is 623. The fourth-order valence-electron chi connectivity index (χ4n) is 2.08. The van der Waals surface area contributed by atoms with Crippen molar-refractivity contribution >= 4 is 5.82 Å². The molecule has 2 rings (SSSR count). The van der Waals surface area contributed by atoms with E-state index in [1.54, 1.807) is 6.92 Å². The molecule has 1 aromatic heterocycles. The van der Waals surface area contributed by atoms with E-state index in [1.165, 1.54) is 0 Å². The highest BCUT2D eigenvalue weighted by atomic mass is 19.1. The van der Waals surface area contributed by atoms with E-state index in [4.69, 9.17) is 15.6 Å². The smallest absolute Gasteiger partial charge is 0.351 e. The molecule has 0 radical (unpaired) electrons. The van der Waals surface area contributed by atoms with Gasteiger partial charge in [-0.1, -0.05) is 6.92 Å². The van der Waals surface area contributed by atoms with Crippen molar-refractivity contribution in [3.05, 3.63) is 22.2 Å². The summed E-state index contributed by atoms with van der Waals surface area (Å²) in [5.41, 5.74) is 4.55. The summed E-state index contributed by atoms with van der Waals surface area (Å²) in [6.45, 7) is 1.19. The molecule has 1 aliphatic rings. The third-order valence-electron chi connectivity index (χ3n) is 3.29. The van der Waals surface area contributed by atoms with Gasteiger partial charge in [0.05, 0.1) is 18.3 Å². The lowest BCUT2D eigenvalue weighted by molar-refractivity contribution is -0.0418. The Labute approximate surface area is 113 Å². The number of hydrogen-bond acceptors (Lipinski definition) is 5. The number of nitrogen functional groups attached to an aromatic ring is 1. The standard InChI is InChI=1S/C12H13F2N3O3/c1-6-8(5-18)20-11(9(6)14)17-4-7(2-3-13)10(15)16-12(17)19/h4,6,8-9,11,18H,5H2,1H3,(H2,15,16,19). The first kappa shape index (κ1) is 14.4. The third-order valence-corrected chi connectivity index (χ3v) is 3.29. The molecule has 108 valence electrons. The first-order valence-electron chi connectivity index (χ1n) is 5.90. The number of anilines is 1. The summed E-state index contributed by atoms with van der Waals surface area (Å²) in [7, 11) is 0. The van der Waals surface area contributed by atoms with Crippen LogP contribution in [0.2, 0.25) is 0 Å². The summed E-state index contributed by atoms with van der Waals surface area (Å²) in [5, 5.41) is 9.08. The zero-order valence-electron chi connectivity index (χ0n) is 10.6. The van der Waals surface area contributed by atoms with Gasteiger partial charge in [0.15, 0.2) is 12.4 Å². The number of aliphatic hydroxyl groups is 1. The highest BCUT2D eigenvalue weighted by Gasteiger charge is 2.43. The number of halogens is 2. The summed E-state index contributed by atoms with van der Waals surface area (Å²) in [6.07, 6.45) is -1.25. The van der Waals surface area contributed by atoms with Crippen molar-refractivity contribution in [2.45, 2.75) is 25.4 Å². The summed E-state index contributed by atoms with van der Waals surface area (Å²) in [6, 6.07) is 0. The lowest BCUT2D eigenvalue weighted by Crippen LogP contribution is -2.32. The molecule has 4 unspecified atom stereocenters. The molecule has 4 atom stereocenters. The van der Waals surface area contributed by atoms with Crippen molar-refractivity contribution < 1.29 is 18.6 Å². The van der Waals surface area contributed by atoms with E-state index in [0.29, 0.717) is 0 Å². The highest BCUT2D eigenvalue weighted by Crippen LogP contribution is 2.35. The minimum Gasteiger partial charge on any atom is -0.394 e. The molecule has 1 saturated heterocycles. The number of hydrogen-bond donors (Lipinski definition) is 2. The average Bonchev–Trinajstić information content (AvgIpc) is 2.70. The average molecular weight is 285 g/mol. The van der Waals surface area contributed by atoms with Crippen LogP contribution in [0.3, 0.4) is 0 Å². The molecule has 1 aliphatic heterocycles. The molecule has 0 saturated carbocycles. The molecule has 1 fully saturated rings. The molecule has 0 amide bonds. The minimum absolute atomic E-state index is 0.0389. The van der Waals surface area contributed by atoms with Crippen molar-refractivity contribution in [1.29, 1.82) is 0 Å². The van der Waals surface area contributed by atoms with E-state index >= 15 is 0 Å². The summed E-state index contributed by atoms with van der Waals surface area (Å²) in [5.74, 6) is 1.20. The van der Waals surface area contributed by atoms with E-state index in [0.717, 1.165) is 16.9 Å². The molecule has 20 heavy (non-hydrogen) atoms. The number of rotatable bonds is 2. The monoisotopic (exact) mass is 285 g/mol. The fraction of sp³-hybridized carbons (Fsp3) is 0.500. The predicted octanol–water partition coefficient (Wildman–Crippen LogP) is -0.0321. The van der Waals surface area contributed by atoms with Crippen LogP contribution in [0.25, 0.3) is 0 Å². The number of nitrogens with two attached hydrogens (primary N) is 1. The van der Waals surface area contributed by atoms with Gasteiger partial charge in [0, 0.05) is 12.1 Å². The maximum Gasteiger partial charge on any atom is 0.351 e. The van der Waals surface area contributed by atoms with E-state index in [2.05, 4.69) is 4.98 Å². The van der Waals surface area contributed by atoms with Gasteiger partial charge in [0.25, 0.3) is 0 Å². The second kappa shape index (κ2) is 5.56. The lowest BCUT2D eigenvalue weighted by Gasteiger charge is -2.16. The molecule has 8 heteroatoms. The number of alkyl halides is 1. The largest absolute Gasteiger partial charge is 0.394 e. The SMILES string of the molecule is CC1C(CO)OC(n2cc(C#CF)c(N)nc2=O)C1F. The maximum atomic E-state index is 14.1. The normalized spacial score (nSPS) is 29.0. The van der Waals surface area contributed by atoms with Gasteiger partial charge in [-0.2, -0.15) is 4.98 Å². The molecule has 2 heterocycles. The third kappa shape index (κ3) is 2.37. The molecule has 0 bridgehead atoms. The van der Waals surface area contributed by atoms with Crippen LogP contribution >= 0.6 is 0 Å². The second-order valence-electron chi connectivity index (χ2n) is 4.50. The van der Waals surface area contributed by atoms with Gasteiger partial charge in [-0.05, 0) is 5.92 Å². The summed E-state index contributed by atoms with van der Waals surface area (Å²) in [4.78, 5) is 15.2. The van der Waals surface area contributed by atoms with Crippen LogP contribution in [0.4, 0.5) is 14.6 Å². The Morgan fingerprint density at radius 1 is 1.65 bits per heavy atom. The zero-order chi connectivity index (χ0) is 14.9. The molecule has 1 aromatic rings. The van der Waals surface area contributed by atoms with Crippen LogP contribution in [-0.2, 0) is 4.74 Å². The van der Waals surface area contributed by atoms with Crippen molar-refractivity contribution in [2.24, 2.45) is 5.92 Å². The van der Waals surface area contributed by atoms with E-state index in [-0.39, 0.29) is 18.0 Å². The molecule has 0 aliphatic carbocycles. The van der Waals surface area contributed by atoms with Gasteiger partial charge in [-0.15, -0.1) is 4.39 Å². The van der Waals surface area contributed by atoms with Crippen molar-refractivity contribution in [1.82, 2.24) is 9.55 Å². The van der Waals surface area contributed by atoms with Gasteiger partial charge >= 0.3 is 5.69 Å². The fourth-order valence-corrected chi connectivity index (χ4v) is 2.08. The van der Waals surface area contributed by atoms with Gasteiger partial charge in [-0.25, -0.2) is 9.18 Å². The number of ether oxygens (including phenoxy) is 1. The lowest BCUT2D eigenvalue weighted by atomic mass is 10.0. The van der Waals surface area contributed by atoms with Crippen LogP contribution in [0, 0.1) is 18.0 Å². The predicted molar refractivity (Wildman–Crippen MR) is 66.0 cm³/mol. The van der Waals surface area contributed by atoms with Crippen molar-refractivity contribution in [3.8, 4) is 12.1 Å². The van der Waals surface area contributed by atoms with Crippen molar-refractivity contribution in [3.63, 3.8) is 0 Å². The first-order chi connectivity index (χ1) is 9.49. The van der Waals surface area contributed by atoms with Gasteiger partial charge in [0.2, 0.25) is 0 Å². The zero-order valence-corrected chi connectivity index (χ0v) is 10.6. The molecule has 0 aromatic carbocycles. The Morgan fingerprint density at radius 3 is 2.90 bits per heavy atom. The van der Waals surface area contributed by atoms with Crippen LogP contribution in [-0.4, -0.2) is 33.5 Å².